The van der Waals surface area contributed by atoms with Crippen molar-refractivity contribution in [3.05, 3.63) is 30.9 Å². The number of nitrogens with one attached hydrogen (secondary N) is 1. The Balaban J connectivity index is 1.70. The number of hydrogen-bond acceptors (Lipinski definition) is 4. The molecule has 134 valence electrons. The summed E-state index contributed by atoms with van der Waals surface area (Å²) in [4.78, 5) is 13.2. The molecule has 2 fully saturated rings. The van der Waals surface area contributed by atoms with Crippen molar-refractivity contribution >= 4 is 0 Å². The summed E-state index contributed by atoms with van der Waals surface area (Å²) < 4.78 is 6.00. The molecule has 2 heterocycles. The van der Waals surface area contributed by atoms with E-state index in [0.717, 1.165) is 51.6 Å². The lowest BCUT2D eigenvalue weighted by Gasteiger charge is -2.41. The maximum absolute atomic E-state index is 6.00. The molecule has 1 aromatic heterocycles. The van der Waals surface area contributed by atoms with E-state index in [1.54, 1.807) is 0 Å². The molecule has 3 unspecified atom stereocenters. The van der Waals surface area contributed by atoms with Crippen molar-refractivity contribution in [3.8, 4) is 0 Å². The average Bonchev–Trinajstić information content (AvgIpc) is 3.05. The van der Waals surface area contributed by atoms with Crippen LogP contribution in [0.15, 0.2) is 25.0 Å². The zero-order valence-electron chi connectivity index (χ0n) is 15.0. The van der Waals surface area contributed by atoms with E-state index >= 15 is 0 Å². The summed E-state index contributed by atoms with van der Waals surface area (Å²) in [5, 5.41) is 0. The maximum atomic E-state index is 6.00. The van der Waals surface area contributed by atoms with Gasteiger partial charge in [-0.1, -0.05) is 6.08 Å². The Morgan fingerprint density at radius 3 is 2.83 bits per heavy atom. The largest absolute Gasteiger partial charge is 0.378 e. The van der Waals surface area contributed by atoms with E-state index in [4.69, 9.17) is 4.74 Å². The lowest BCUT2D eigenvalue weighted by molar-refractivity contribution is 0.0406. The second kappa shape index (κ2) is 8.79. The van der Waals surface area contributed by atoms with Gasteiger partial charge >= 0.3 is 0 Å². The number of hydrogen-bond donors (Lipinski definition) is 1. The Morgan fingerprint density at radius 1 is 1.33 bits per heavy atom. The second-order valence-corrected chi connectivity index (χ2v) is 7.02. The van der Waals surface area contributed by atoms with Gasteiger partial charge in [0.25, 0.3) is 0 Å². The molecule has 0 amide bonds. The topological polar surface area (TPSA) is 44.4 Å². The first kappa shape index (κ1) is 17.6. The first-order chi connectivity index (χ1) is 11.8. The van der Waals surface area contributed by atoms with Gasteiger partial charge in [-0.25, -0.2) is 4.98 Å². The van der Waals surface area contributed by atoms with Gasteiger partial charge in [0.05, 0.1) is 6.10 Å². The Kier molecular flexibility index (Phi) is 6.46. The molecule has 5 heteroatoms. The van der Waals surface area contributed by atoms with E-state index < -0.39 is 0 Å². The van der Waals surface area contributed by atoms with E-state index in [-0.39, 0.29) is 0 Å². The van der Waals surface area contributed by atoms with Crippen LogP contribution in [0.1, 0.15) is 44.3 Å². The molecule has 24 heavy (non-hydrogen) atoms. The van der Waals surface area contributed by atoms with Crippen molar-refractivity contribution in [3.63, 3.8) is 0 Å². The fourth-order valence-electron chi connectivity index (χ4n) is 4.37. The second-order valence-electron chi connectivity index (χ2n) is 7.02. The summed E-state index contributed by atoms with van der Waals surface area (Å²) in [5.41, 5.74) is 0. The molecule has 0 bridgehead atoms. The van der Waals surface area contributed by atoms with Crippen molar-refractivity contribution in [2.75, 3.05) is 39.3 Å². The fourth-order valence-corrected chi connectivity index (χ4v) is 4.37. The predicted molar refractivity (Wildman–Crippen MR) is 97.2 cm³/mol. The molecule has 3 rings (SSSR count). The summed E-state index contributed by atoms with van der Waals surface area (Å²) in [5.74, 6) is 1.59. The van der Waals surface area contributed by atoms with E-state index in [1.807, 2.05) is 18.5 Å². The smallest absolute Gasteiger partial charge is 0.110 e. The molecule has 0 radical (unpaired) electrons. The molecule has 1 aromatic rings. The Morgan fingerprint density at radius 2 is 2.17 bits per heavy atom. The van der Waals surface area contributed by atoms with Crippen LogP contribution in [-0.2, 0) is 4.74 Å². The highest BCUT2D eigenvalue weighted by Gasteiger charge is 2.35. The normalized spacial score (nSPS) is 30.1. The van der Waals surface area contributed by atoms with E-state index in [2.05, 4.69) is 33.3 Å². The minimum Gasteiger partial charge on any atom is -0.378 e. The van der Waals surface area contributed by atoms with Crippen LogP contribution in [0.5, 0.6) is 0 Å². The zero-order valence-corrected chi connectivity index (χ0v) is 15.0. The highest BCUT2D eigenvalue weighted by Crippen LogP contribution is 2.35. The van der Waals surface area contributed by atoms with Gasteiger partial charge in [-0.05, 0) is 32.6 Å². The number of imidazole rings is 1. The van der Waals surface area contributed by atoms with E-state index in [9.17, 15) is 0 Å². The van der Waals surface area contributed by atoms with Crippen molar-refractivity contribution in [2.45, 2.75) is 50.7 Å². The number of H-pyrrole nitrogens is 1. The molecule has 1 aliphatic carbocycles. The molecule has 3 atom stereocenters. The van der Waals surface area contributed by atoms with Crippen molar-refractivity contribution < 1.29 is 4.74 Å². The molecular formula is C19H32N4O. The van der Waals surface area contributed by atoms with Crippen LogP contribution in [0.2, 0.25) is 0 Å². The van der Waals surface area contributed by atoms with Crippen LogP contribution in [0.25, 0.3) is 0 Å². The summed E-state index contributed by atoms with van der Waals surface area (Å²) in [6, 6.07) is 0.576. The van der Waals surface area contributed by atoms with Gasteiger partial charge < -0.3 is 9.72 Å². The molecule has 1 saturated carbocycles. The van der Waals surface area contributed by atoms with Crippen LogP contribution in [0.3, 0.4) is 0 Å². The van der Waals surface area contributed by atoms with Crippen LogP contribution in [0.4, 0.5) is 0 Å². The number of aromatic nitrogens is 2. The van der Waals surface area contributed by atoms with Gasteiger partial charge in [0, 0.05) is 63.7 Å². The minimum absolute atomic E-state index is 0.372. The first-order valence-electron chi connectivity index (χ1n) is 9.50. The summed E-state index contributed by atoms with van der Waals surface area (Å²) in [7, 11) is 0. The summed E-state index contributed by atoms with van der Waals surface area (Å²) in [6.45, 7) is 12.4. The maximum Gasteiger partial charge on any atom is 0.110 e. The third-order valence-electron chi connectivity index (χ3n) is 5.54. The van der Waals surface area contributed by atoms with Crippen LogP contribution >= 0.6 is 0 Å². The number of aromatic amines is 1. The van der Waals surface area contributed by atoms with E-state index in [1.165, 1.54) is 19.3 Å². The lowest BCUT2D eigenvalue weighted by Crippen LogP contribution is -2.51. The van der Waals surface area contributed by atoms with Crippen LogP contribution in [-0.4, -0.2) is 71.2 Å². The third kappa shape index (κ3) is 4.26. The van der Waals surface area contributed by atoms with Crippen molar-refractivity contribution in [1.29, 1.82) is 0 Å². The number of piperazine rings is 1. The highest BCUT2D eigenvalue weighted by atomic mass is 16.5. The molecule has 2 aliphatic rings. The Labute approximate surface area is 146 Å². The predicted octanol–water partition coefficient (Wildman–Crippen LogP) is 2.64. The number of rotatable bonds is 6. The summed E-state index contributed by atoms with van der Waals surface area (Å²) in [6.07, 6.45) is 11.0. The minimum atomic E-state index is 0.372. The molecule has 0 aromatic carbocycles. The van der Waals surface area contributed by atoms with E-state index in [0.29, 0.717) is 18.1 Å². The van der Waals surface area contributed by atoms with Gasteiger partial charge in [-0.2, -0.15) is 0 Å². The molecule has 1 N–H and O–H groups in total. The monoisotopic (exact) mass is 332 g/mol. The Bertz CT molecular complexity index is 482. The van der Waals surface area contributed by atoms with Crippen LogP contribution < -0.4 is 0 Å². The van der Waals surface area contributed by atoms with Crippen LogP contribution in [0, 0.1) is 0 Å². The van der Waals surface area contributed by atoms with Gasteiger partial charge in [-0.3, -0.25) is 9.80 Å². The quantitative estimate of drug-likeness (QED) is 0.642. The highest BCUT2D eigenvalue weighted by molar-refractivity contribution is 5.05. The van der Waals surface area contributed by atoms with Gasteiger partial charge in [0.15, 0.2) is 0 Å². The molecular weight excluding hydrogens is 300 g/mol. The lowest BCUT2D eigenvalue weighted by atomic mass is 9.91. The fraction of sp³-hybridized carbons (Fsp3) is 0.737. The average molecular weight is 332 g/mol. The molecule has 0 spiro atoms. The molecule has 1 aliphatic heterocycles. The first-order valence-corrected chi connectivity index (χ1v) is 9.50. The van der Waals surface area contributed by atoms with Gasteiger partial charge in [-0.15, -0.1) is 6.58 Å². The molecule has 1 saturated heterocycles. The third-order valence-corrected chi connectivity index (χ3v) is 5.54. The van der Waals surface area contributed by atoms with Gasteiger partial charge in [0.2, 0.25) is 0 Å². The van der Waals surface area contributed by atoms with Crippen molar-refractivity contribution in [1.82, 2.24) is 19.8 Å². The standard InChI is InChI=1S/C19H32N4O/c1-3-10-22-11-13-23(14-12-22)18-7-5-6-16(24-4-2)15-17(18)19-20-8-9-21-19/h3,8-9,16-18H,1,4-7,10-15H2,2H3,(H,20,21). The number of nitrogens with zero attached hydrogens (tertiary/aromatic N) is 3. The van der Waals surface area contributed by atoms with Gasteiger partial charge in [0.1, 0.15) is 5.82 Å². The zero-order chi connectivity index (χ0) is 16.8. The Hall–Kier alpha value is -1.17. The van der Waals surface area contributed by atoms with Crippen molar-refractivity contribution in [2.24, 2.45) is 0 Å². The molecule has 5 nitrogen and oxygen atoms in total. The number of ether oxygens (including phenoxy) is 1. The SMILES string of the molecule is C=CCN1CCN(C2CCCC(OCC)CC2c2ncc[nH]2)CC1. The summed E-state index contributed by atoms with van der Waals surface area (Å²) >= 11 is 0.